The minimum absolute atomic E-state index is 0.0142. The summed E-state index contributed by atoms with van der Waals surface area (Å²) < 4.78 is 10.4. The molecular formula is C22H21NO6. The Bertz CT molecular complexity index is 1010. The maximum absolute atomic E-state index is 12.9. The van der Waals surface area contributed by atoms with Gasteiger partial charge in [0.05, 0.1) is 18.7 Å². The van der Waals surface area contributed by atoms with Crippen molar-refractivity contribution in [2.24, 2.45) is 0 Å². The number of carbonyl (C=O) groups excluding carboxylic acids is 3. The molecule has 29 heavy (non-hydrogen) atoms. The Morgan fingerprint density at radius 3 is 2.45 bits per heavy atom. The van der Waals surface area contributed by atoms with Crippen molar-refractivity contribution in [2.75, 3.05) is 12.0 Å². The van der Waals surface area contributed by atoms with Crippen molar-refractivity contribution >= 4 is 23.3 Å². The number of rotatable bonds is 6. The zero-order chi connectivity index (χ0) is 21.1. The normalized spacial score (nSPS) is 16.2. The molecule has 7 heteroatoms. The average Bonchev–Trinajstić information content (AvgIpc) is 2.98. The van der Waals surface area contributed by atoms with Gasteiger partial charge in [-0.05, 0) is 29.8 Å². The van der Waals surface area contributed by atoms with Gasteiger partial charge in [0, 0.05) is 25.1 Å². The monoisotopic (exact) mass is 395 g/mol. The van der Waals surface area contributed by atoms with Crippen LogP contribution in [0.15, 0.2) is 59.9 Å². The van der Waals surface area contributed by atoms with Gasteiger partial charge in [-0.2, -0.15) is 0 Å². The first-order valence-electron chi connectivity index (χ1n) is 9.09. The summed E-state index contributed by atoms with van der Waals surface area (Å²) >= 11 is 0. The van der Waals surface area contributed by atoms with E-state index in [9.17, 15) is 19.5 Å². The molecule has 0 radical (unpaired) electrons. The van der Waals surface area contributed by atoms with E-state index in [1.165, 1.54) is 18.9 Å². The number of anilines is 1. The Morgan fingerprint density at radius 2 is 1.79 bits per heavy atom. The number of aliphatic hydroxyl groups is 1. The number of carbonyl (C=O) groups is 3. The third-order valence-corrected chi connectivity index (χ3v) is 4.60. The number of nitrogens with zero attached hydrogens (tertiary/aromatic N) is 1. The van der Waals surface area contributed by atoms with Gasteiger partial charge in [0.25, 0.3) is 5.91 Å². The van der Waals surface area contributed by atoms with E-state index in [-0.39, 0.29) is 23.5 Å². The Balaban J connectivity index is 2.16. The van der Waals surface area contributed by atoms with Crippen LogP contribution in [0.25, 0.3) is 0 Å². The molecule has 0 saturated carbocycles. The first-order valence-corrected chi connectivity index (χ1v) is 9.09. The van der Waals surface area contributed by atoms with Gasteiger partial charge in [-0.15, -0.1) is 0 Å². The van der Waals surface area contributed by atoms with Crippen LogP contribution >= 0.6 is 0 Å². The van der Waals surface area contributed by atoms with E-state index in [1.807, 2.05) is 0 Å². The van der Waals surface area contributed by atoms with Crippen molar-refractivity contribution in [2.45, 2.75) is 26.3 Å². The first-order chi connectivity index (χ1) is 13.9. The van der Waals surface area contributed by atoms with E-state index in [4.69, 9.17) is 9.47 Å². The quantitative estimate of drug-likeness (QED) is 0.594. The van der Waals surface area contributed by atoms with Crippen molar-refractivity contribution in [1.82, 2.24) is 0 Å². The van der Waals surface area contributed by atoms with Gasteiger partial charge in [0.1, 0.15) is 11.5 Å². The van der Waals surface area contributed by atoms with Crippen molar-refractivity contribution in [3.8, 4) is 11.5 Å². The Labute approximate surface area is 168 Å². The van der Waals surface area contributed by atoms with Gasteiger partial charge in [-0.1, -0.05) is 25.1 Å². The molecule has 3 rings (SSSR count). The summed E-state index contributed by atoms with van der Waals surface area (Å²) in [6, 6.07) is 12.5. The number of aliphatic hydroxyl groups excluding tert-OH is 1. The van der Waals surface area contributed by atoms with Crippen LogP contribution in [0.5, 0.6) is 11.5 Å². The van der Waals surface area contributed by atoms with Crippen LogP contribution in [0.3, 0.4) is 0 Å². The van der Waals surface area contributed by atoms with E-state index < -0.39 is 23.7 Å². The lowest BCUT2D eigenvalue weighted by Gasteiger charge is -2.27. The van der Waals surface area contributed by atoms with Crippen LogP contribution < -0.4 is 14.4 Å². The molecule has 0 aliphatic carbocycles. The maximum atomic E-state index is 12.9. The van der Waals surface area contributed by atoms with Crippen LogP contribution in [-0.2, 0) is 14.4 Å². The molecule has 1 N–H and O–H groups in total. The van der Waals surface area contributed by atoms with Crippen molar-refractivity contribution < 1.29 is 29.0 Å². The van der Waals surface area contributed by atoms with Crippen molar-refractivity contribution in [3.05, 3.63) is 65.4 Å². The van der Waals surface area contributed by atoms with E-state index in [1.54, 1.807) is 55.5 Å². The second-order valence-electron chi connectivity index (χ2n) is 6.48. The molecule has 0 saturated heterocycles. The zero-order valence-electron chi connectivity index (χ0n) is 16.3. The smallest absolute Gasteiger partial charge is 0.308 e. The molecule has 1 aliphatic rings. The van der Waals surface area contributed by atoms with E-state index >= 15 is 0 Å². The molecule has 0 fully saturated rings. The van der Waals surface area contributed by atoms with Crippen LogP contribution in [0.4, 0.5) is 5.69 Å². The molecule has 2 aromatic rings. The zero-order valence-corrected chi connectivity index (χ0v) is 16.3. The predicted octanol–water partition coefficient (Wildman–Crippen LogP) is 3.50. The molecule has 1 aliphatic heterocycles. The lowest BCUT2D eigenvalue weighted by molar-refractivity contribution is -0.132. The summed E-state index contributed by atoms with van der Waals surface area (Å²) in [5.74, 6) is -1.29. The summed E-state index contributed by atoms with van der Waals surface area (Å²) in [5, 5.41) is 10.5. The molecule has 150 valence electrons. The van der Waals surface area contributed by atoms with Gasteiger partial charge in [0.15, 0.2) is 11.5 Å². The lowest BCUT2D eigenvalue weighted by atomic mass is 9.94. The van der Waals surface area contributed by atoms with Crippen LogP contribution in [-0.4, -0.2) is 29.9 Å². The second-order valence-corrected chi connectivity index (χ2v) is 6.48. The number of benzene rings is 2. The third kappa shape index (κ3) is 3.85. The van der Waals surface area contributed by atoms with Gasteiger partial charge in [0.2, 0.25) is 0 Å². The predicted molar refractivity (Wildman–Crippen MR) is 106 cm³/mol. The molecular weight excluding hydrogens is 374 g/mol. The molecule has 1 amide bonds. The SMILES string of the molecule is CCC(=O)C1=C(O)C(=O)N(c2cccc(OC)c2)C1c1cccc(OC(C)=O)c1. The molecule has 1 atom stereocenters. The molecule has 0 bridgehead atoms. The number of hydrogen-bond donors (Lipinski definition) is 1. The van der Waals surface area contributed by atoms with Crippen LogP contribution in [0.2, 0.25) is 0 Å². The van der Waals surface area contributed by atoms with Gasteiger partial charge in [-0.25, -0.2) is 0 Å². The number of ether oxygens (including phenoxy) is 2. The topological polar surface area (TPSA) is 93.1 Å². The van der Waals surface area contributed by atoms with Crippen molar-refractivity contribution in [1.29, 1.82) is 0 Å². The molecule has 0 spiro atoms. The highest BCUT2D eigenvalue weighted by Gasteiger charge is 2.44. The van der Waals surface area contributed by atoms with E-state index in [0.29, 0.717) is 17.0 Å². The minimum Gasteiger partial charge on any atom is -0.503 e. The Morgan fingerprint density at radius 1 is 1.10 bits per heavy atom. The number of esters is 1. The molecule has 2 aromatic carbocycles. The fourth-order valence-electron chi connectivity index (χ4n) is 3.34. The van der Waals surface area contributed by atoms with E-state index in [0.717, 1.165) is 0 Å². The largest absolute Gasteiger partial charge is 0.503 e. The summed E-state index contributed by atoms with van der Waals surface area (Å²) in [7, 11) is 1.51. The molecule has 1 heterocycles. The Kier molecular flexibility index (Phi) is 5.68. The second kappa shape index (κ2) is 8.18. The number of hydrogen-bond acceptors (Lipinski definition) is 6. The summed E-state index contributed by atoms with van der Waals surface area (Å²) in [6.45, 7) is 2.94. The van der Waals surface area contributed by atoms with Crippen LogP contribution in [0.1, 0.15) is 31.9 Å². The summed E-state index contributed by atoms with van der Waals surface area (Å²) in [6.07, 6.45) is 0.124. The van der Waals surface area contributed by atoms with Gasteiger partial charge < -0.3 is 14.6 Å². The highest BCUT2D eigenvalue weighted by molar-refractivity contribution is 6.16. The molecule has 7 nitrogen and oxygen atoms in total. The summed E-state index contributed by atoms with van der Waals surface area (Å²) in [5.41, 5.74) is 1.00. The molecule has 1 unspecified atom stereocenters. The number of Topliss-reactive ketones (excluding diaryl/α,β-unsaturated/α-hetero) is 1. The summed E-state index contributed by atoms with van der Waals surface area (Å²) in [4.78, 5) is 38.2. The fourth-order valence-corrected chi connectivity index (χ4v) is 3.34. The van der Waals surface area contributed by atoms with Gasteiger partial charge in [-0.3, -0.25) is 19.3 Å². The van der Waals surface area contributed by atoms with Gasteiger partial charge >= 0.3 is 5.97 Å². The van der Waals surface area contributed by atoms with E-state index in [2.05, 4.69) is 0 Å². The number of methoxy groups -OCH3 is 1. The Hall–Kier alpha value is -3.61. The first kappa shape index (κ1) is 20.1. The highest BCUT2D eigenvalue weighted by atomic mass is 16.5. The lowest BCUT2D eigenvalue weighted by Crippen LogP contribution is -2.31. The fraction of sp³-hybridized carbons (Fsp3) is 0.227. The molecule has 0 aromatic heterocycles. The maximum Gasteiger partial charge on any atom is 0.308 e. The average molecular weight is 395 g/mol. The number of amides is 1. The van der Waals surface area contributed by atoms with Crippen LogP contribution in [0, 0.1) is 0 Å². The third-order valence-electron chi connectivity index (χ3n) is 4.60. The van der Waals surface area contributed by atoms with Crippen molar-refractivity contribution in [3.63, 3.8) is 0 Å². The highest BCUT2D eigenvalue weighted by Crippen LogP contribution is 2.42. The standard InChI is InChI=1S/C22H21NO6/c1-4-18(25)19-20(14-7-5-10-17(11-14)29-13(2)24)23(22(27)21(19)26)15-8-6-9-16(12-15)28-3/h5-12,20,26H,4H2,1-3H3. The number of ketones is 1. The minimum atomic E-state index is -0.863.